The van der Waals surface area contributed by atoms with Crippen LogP contribution in [0.5, 0.6) is 0 Å². The minimum atomic E-state index is -0.723. The van der Waals surface area contributed by atoms with E-state index in [2.05, 4.69) is 6.92 Å². The lowest BCUT2D eigenvalue weighted by atomic mass is 9.89. The van der Waals surface area contributed by atoms with E-state index in [1.807, 2.05) is 25.2 Å². The van der Waals surface area contributed by atoms with E-state index in [1.165, 1.54) is 0 Å². The molecule has 0 spiro atoms. The Morgan fingerprint density at radius 2 is 2.00 bits per heavy atom. The first-order chi connectivity index (χ1) is 12.8. The first kappa shape index (κ1) is 21.8. The average molecular weight is 379 g/mol. The third-order valence-electron chi connectivity index (χ3n) is 6.09. The standard InChI is InChI=1S/C22H34O5/c1-3-4-7-14(2)19(23)11-10-17-16(20(24)13-21(17)25)9-6-5-8-15-12-18(15)22(26)27/h5-6,10-11,14-19,21,23,25H,3-4,7-9,12-13H2,1-2H3,(H,26,27)/t14-,15?,16-,17-,18?,19+,21-/m1/s1. The zero-order valence-electron chi connectivity index (χ0n) is 16.5. The Bertz CT molecular complexity index is 567. The van der Waals surface area contributed by atoms with E-state index < -0.39 is 18.2 Å². The Balaban J connectivity index is 1.85. The third-order valence-corrected chi connectivity index (χ3v) is 6.09. The minimum absolute atomic E-state index is 0.0603. The second kappa shape index (κ2) is 10.2. The van der Waals surface area contributed by atoms with Crippen molar-refractivity contribution in [3.8, 4) is 0 Å². The summed E-state index contributed by atoms with van der Waals surface area (Å²) in [5.41, 5.74) is 0. The van der Waals surface area contributed by atoms with Gasteiger partial charge in [-0.2, -0.15) is 0 Å². The quantitative estimate of drug-likeness (QED) is 0.479. The zero-order valence-corrected chi connectivity index (χ0v) is 16.5. The number of allylic oxidation sites excluding steroid dienone is 2. The number of carboxylic acid groups (broad SMARTS) is 1. The van der Waals surface area contributed by atoms with Crippen LogP contribution in [0.2, 0.25) is 0 Å². The number of aliphatic hydroxyl groups excluding tert-OH is 2. The normalized spacial score (nSPS) is 33.0. The zero-order chi connectivity index (χ0) is 20.0. The van der Waals surface area contributed by atoms with Crippen LogP contribution in [0.4, 0.5) is 0 Å². The van der Waals surface area contributed by atoms with Gasteiger partial charge in [0.1, 0.15) is 5.78 Å². The maximum atomic E-state index is 12.2. The molecule has 5 heteroatoms. The van der Waals surface area contributed by atoms with Gasteiger partial charge in [-0.05, 0) is 37.5 Å². The van der Waals surface area contributed by atoms with Gasteiger partial charge in [0.25, 0.3) is 0 Å². The van der Waals surface area contributed by atoms with E-state index >= 15 is 0 Å². The third kappa shape index (κ3) is 6.28. The van der Waals surface area contributed by atoms with Crippen LogP contribution in [0.1, 0.15) is 58.8 Å². The molecule has 2 aliphatic rings. The van der Waals surface area contributed by atoms with Gasteiger partial charge in [-0.15, -0.1) is 0 Å². The lowest BCUT2D eigenvalue weighted by Crippen LogP contribution is -2.20. The summed E-state index contributed by atoms with van der Waals surface area (Å²) in [5.74, 6) is -1.02. The molecule has 0 aromatic heterocycles. The Morgan fingerprint density at radius 1 is 1.30 bits per heavy atom. The van der Waals surface area contributed by atoms with Gasteiger partial charge in [-0.1, -0.05) is 51.0 Å². The van der Waals surface area contributed by atoms with Gasteiger partial charge < -0.3 is 15.3 Å². The molecule has 2 unspecified atom stereocenters. The number of carbonyl (C=O) groups excluding carboxylic acids is 1. The molecule has 2 rings (SSSR count). The van der Waals surface area contributed by atoms with Gasteiger partial charge in [0, 0.05) is 18.3 Å². The highest BCUT2D eigenvalue weighted by Crippen LogP contribution is 2.41. The van der Waals surface area contributed by atoms with E-state index in [0.717, 1.165) is 32.1 Å². The molecular formula is C22H34O5. The van der Waals surface area contributed by atoms with Gasteiger partial charge in [-0.25, -0.2) is 0 Å². The van der Waals surface area contributed by atoms with Crippen molar-refractivity contribution in [3.05, 3.63) is 24.3 Å². The second-order valence-corrected chi connectivity index (χ2v) is 8.30. The predicted octanol–water partition coefficient (Wildman–Crippen LogP) is 3.35. The summed E-state index contributed by atoms with van der Waals surface area (Å²) in [6, 6.07) is 0. The average Bonchev–Trinajstić information content (AvgIpc) is 3.35. The molecule has 3 N–H and O–H groups in total. The number of hydrogen-bond donors (Lipinski definition) is 3. The highest BCUT2D eigenvalue weighted by molar-refractivity contribution is 5.84. The summed E-state index contributed by atoms with van der Waals surface area (Å²) in [5, 5.41) is 29.4. The molecule has 0 saturated heterocycles. The largest absolute Gasteiger partial charge is 0.481 e. The van der Waals surface area contributed by atoms with Gasteiger partial charge in [0.15, 0.2) is 0 Å². The van der Waals surface area contributed by atoms with Crippen molar-refractivity contribution < 1.29 is 24.9 Å². The van der Waals surface area contributed by atoms with E-state index in [1.54, 1.807) is 6.08 Å². The van der Waals surface area contributed by atoms with Crippen molar-refractivity contribution in [3.63, 3.8) is 0 Å². The first-order valence-electron chi connectivity index (χ1n) is 10.3. The fourth-order valence-electron chi connectivity index (χ4n) is 3.98. The van der Waals surface area contributed by atoms with Crippen LogP contribution in [0.3, 0.4) is 0 Å². The lowest BCUT2D eigenvalue weighted by Gasteiger charge is -2.19. The van der Waals surface area contributed by atoms with Crippen LogP contribution < -0.4 is 0 Å². The van der Waals surface area contributed by atoms with Crippen molar-refractivity contribution >= 4 is 11.8 Å². The van der Waals surface area contributed by atoms with E-state index in [4.69, 9.17) is 5.11 Å². The minimum Gasteiger partial charge on any atom is -0.481 e. The van der Waals surface area contributed by atoms with Crippen LogP contribution in [0.25, 0.3) is 0 Å². The molecule has 0 radical (unpaired) electrons. The van der Waals surface area contributed by atoms with Crippen molar-refractivity contribution in [2.45, 2.75) is 71.0 Å². The lowest BCUT2D eigenvalue weighted by molar-refractivity contribution is -0.138. The molecule has 0 amide bonds. The van der Waals surface area contributed by atoms with Gasteiger partial charge in [0.05, 0.1) is 18.1 Å². The molecule has 0 bridgehead atoms. The van der Waals surface area contributed by atoms with Crippen LogP contribution in [0.15, 0.2) is 24.3 Å². The Kier molecular flexibility index (Phi) is 8.24. The summed E-state index contributed by atoms with van der Waals surface area (Å²) in [7, 11) is 0. The fourth-order valence-corrected chi connectivity index (χ4v) is 3.98. The fraction of sp³-hybridized carbons (Fsp3) is 0.727. The molecule has 2 aliphatic carbocycles. The van der Waals surface area contributed by atoms with E-state index in [9.17, 15) is 19.8 Å². The topological polar surface area (TPSA) is 94.8 Å². The maximum Gasteiger partial charge on any atom is 0.306 e. The number of rotatable bonds is 11. The highest BCUT2D eigenvalue weighted by atomic mass is 16.4. The number of unbranched alkanes of at least 4 members (excludes halogenated alkanes) is 1. The SMILES string of the molecule is CCCC[C@@H](C)[C@@H](O)C=C[C@H]1[C@H](O)CC(=O)[C@@H]1CC=CCC1CC1C(=O)O. The maximum absolute atomic E-state index is 12.2. The predicted molar refractivity (Wildman–Crippen MR) is 104 cm³/mol. The summed E-state index contributed by atoms with van der Waals surface area (Å²) in [6.07, 6.45) is 11.5. The summed E-state index contributed by atoms with van der Waals surface area (Å²) >= 11 is 0. The van der Waals surface area contributed by atoms with E-state index in [-0.39, 0.29) is 41.8 Å². The summed E-state index contributed by atoms with van der Waals surface area (Å²) < 4.78 is 0. The molecular weight excluding hydrogens is 344 g/mol. The van der Waals surface area contributed by atoms with Crippen LogP contribution in [0, 0.1) is 29.6 Å². The molecule has 0 aromatic carbocycles. The number of hydrogen-bond acceptors (Lipinski definition) is 4. The van der Waals surface area contributed by atoms with Crippen molar-refractivity contribution in [1.29, 1.82) is 0 Å². The second-order valence-electron chi connectivity index (χ2n) is 8.30. The molecule has 2 fully saturated rings. The molecule has 5 nitrogen and oxygen atoms in total. The van der Waals surface area contributed by atoms with Crippen molar-refractivity contribution in [2.24, 2.45) is 29.6 Å². The summed E-state index contributed by atoms with van der Waals surface area (Å²) in [4.78, 5) is 23.1. The molecule has 0 aliphatic heterocycles. The molecule has 0 heterocycles. The van der Waals surface area contributed by atoms with Crippen molar-refractivity contribution in [2.75, 3.05) is 0 Å². The molecule has 7 atom stereocenters. The molecule has 27 heavy (non-hydrogen) atoms. The van der Waals surface area contributed by atoms with Crippen LogP contribution in [-0.4, -0.2) is 39.3 Å². The summed E-state index contributed by atoms with van der Waals surface area (Å²) in [6.45, 7) is 4.14. The number of carbonyl (C=O) groups is 2. The monoisotopic (exact) mass is 378 g/mol. The number of carboxylic acids is 1. The smallest absolute Gasteiger partial charge is 0.306 e. The van der Waals surface area contributed by atoms with Crippen LogP contribution >= 0.6 is 0 Å². The number of aliphatic carboxylic acids is 1. The first-order valence-corrected chi connectivity index (χ1v) is 10.3. The number of aliphatic hydroxyl groups is 2. The van der Waals surface area contributed by atoms with Crippen LogP contribution in [-0.2, 0) is 9.59 Å². The molecule has 0 aromatic rings. The Labute approximate surface area is 162 Å². The van der Waals surface area contributed by atoms with Gasteiger partial charge in [0.2, 0.25) is 0 Å². The van der Waals surface area contributed by atoms with Crippen molar-refractivity contribution in [1.82, 2.24) is 0 Å². The molecule has 2 saturated carbocycles. The molecule has 152 valence electrons. The number of Topliss-reactive ketones (excluding diaryl/α,β-unsaturated/α-hetero) is 1. The van der Waals surface area contributed by atoms with E-state index in [0.29, 0.717) is 6.42 Å². The Hall–Kier alpha value is -1.46. The van der Waals surface area contributed by atoms with Gasteiger partial charge >= 0.3 is 5.97 Å². The number of ketones is 1. The Morgan fingerprint density at radius 3 is 2.63 bits per heavy atom. The van der Waals surface area contributed by atoms with Gasteiger partial charge in [-0.3, -0.25) is 9.59 Å². The highest BCUT2D eigenvalue weighted by Gasteiger charge is 2.42.